The zero-order chi connectivity index (χ0) is 18.2. The van der Waals surface area contributed by atoms with Crippen molar-refractivity contribution in [1.29, 1.82) is 0 Å². The van der Waals surface area contributed by atoms with Crippen LogP contribution in [-0.4, -0.2) is 58.9 Å². The van der Waals surface area contributed by atoms with Crippen molar-refractivity contribution in [2.24, 2.45) is 0 Å². The van der Waals surface area contributed by atoms with Gasteiger partial charge in [-0.25, -0.2) is 4.79 Å². The molecule has 1 saturated heterocycles. The first-order valence-electron chi connectivity index (χ1n) is 8.03. The Hall–Kier alpha value is -2.90. The van der Waals surface area contributed by atoms with E-state index < -0.39 is 35.9 Å². The van der Waals surface area contributed by atoms with Gasteiger partial charge < -0.3 is 15.3 Å². The van der Waals surface area contributed by atoms with Crippen molar-refractivity contribution in [2.45, 2.75) is 24.8 Å². The number of urea groups is 1. The highest BCUT2D eigenvalue weighted by molar-refractivity contribution is 6.09. The third kappa shape index (κ3) is 2.84. The zero-order valence-electron chi connectivity index (χ0n) is 13.8. The van der Waals surface area contributed by atoms with E-state index in [1.165, 1.54) is 11.9 Å². The van der Waals surface area contributed by atoms with E-state index in [9.17, 15) is 19.2 Å². The molecule has 1 aromatic carbocycles. The molecule has 4 amide bonds. The van der Waals surface area contributed by atoms with Crippen LogP contribution in [0.1, 0.15) is 24.0 Å². The summed E-state index contributed by atoms with van der Waals surface area (Å²) in [6, 6.07) is 6.86. The van der Waals surface area contributed by atoms with Gasteiger partial charge in [0.05, 0.1) is 6.42 Å². The number of likely N-dealkylation sites (N-methyl/N-ethyl adjacent to an activating group) is 1. The first kappa shape index (κ1) is 16.9. The number of benzene rings is 1. The third-order valence-corrected chi connectivity index (χ3v) is 4.80. The molecule has 0 bridgehead atoms. The van der Waals surface area contributed by atoms with Crippen molar-refractivity contribution in [1.82, 2.24) is 15.1 Å². The topological polar surface area (TPSA) is 107 Å². The fourth-order valence-corrected chi connectivity index (χ4v) is 3.38. The number of nitrogens with one attached hydrogen (secondary N) is 1. The maximum absolute atomic E-state index is 12.9. The van der Waals surface area contributed by atoms with E-state index in [0.717, 1.165) is 16.0 Å². The summed E-state index contributed by atoms with van der Waals surface area (Å²) < 4.78 is 0. The normalized spacial score (nSPS) is 21.4. The fraction of sp³-hybridized carbons (Fsp3) is 0.412. The molecule has 1 aliphatic heterocycles. The van der Waals surface area contributed by atoms with Gasteiger partial charge in [-0.3, -0.25) is 19.3 Å². The summed E-state index contributed by atoms with van der Waals surface area (Å²) in [5.41, 5.74) is 0.707. The standard InChI is InChI=1S/C17H19N3O5/c1-19(9-7-14(22)23)13(21)10-20-15(24)17(18-16(20)25)8-6-11-4-2-3-5-12(11)17/h2-5H,6-10H2,1H3,(H,18,25)(H,22,23). The maximum Gasteiger partial charge on any atom is 0.325 e. The van der Waals surface area contributed by atoms with Crippen molar-refractivity contribution in [2.75, 3.05) is 20.1 Å². The first-order chi connectivity index (χ1) is 11.8. The number of amides is 4. The van der Waals surface area contributed by atoms with Crippen LogP contribution >= 0.6 is 0 Å². The number of nitrogens with zero attached hydrogens (tertiary/aromatic N) is 2. The Labute approximate surface area is 144 Å². The second-order valence-corrected chi connectivity index (χ2v) is 6.34. The molecule has 1 unspecified atom stereocenters. The van der Waals surface area contributed by atoms with Crippen LogP contribution in [-0.2, 0) is 26.3 Å². The molecule has 0 aromatic heterocycles. The summed E-state index contributed by atoms with van der Waals surface area (Å²) in [4.78, 5) is 50.1. The van der Waals surface area contributed by atoms with E-state index in [2.05, 4.69) is 5.32 Å². The van der Waals surface area contributed by atoms with Crippen molar-refractivity contribution in [3.05, 3.63) is 35.4 Å². The number of imide groups is 1. The number of carbonyl (C=O) groups is 4. The summed E-state index contributed by atoms with van der Waals surface area (Å²) in [6.45, 7) is -0.378. The minimum absolute atomic E-state index is 0.0196. The summed E-state index contributed by atoms with van der Waals surface area (Å²) in [5, 5.41) is 11.4. The van der Waals surface area contributed by atoms with Gasteiger partial charge in [-0.15, -0.1) is 0 Å². The predicted molar refractivity (Wildman–Crippen MR) is 86.6 cm³/mol. The van der Waals surface area contributed by atoms with Gasteiger partial charge >= 0.3 is 12.0 Å². The summed E-state index contributed by atoms with van der Waals surface area (Å²) in [7, 11) is 1.45. The Bertz CT molecular complexity index is 762. The van der Waals surface area contributed by atoms with Gasteiger partial charge in [0.25, 0.3) is 5.91 Å². The quantitative estimate of drug-likeness (QED) is 0.747. The molecule has 2 N–H and O–H groups in total. The van der Waals surface area contributed by atoms with Gasteiger partial charge in [0.1, 0.15) is 12.1 Å². The highest BCUT2D eigenvalue weighted by Gasteiger charge is 2.55. The van der Waals surface area contributed by atoms with Gasteiger partial charge in [0, 0.05) is 13.6 Å². The average Bonchev–Trinajstić information content (AvgIpc) is 3.06. The van der Waals surface area contributed by atoms with Gasteiger partial charge in [-0.2, -0.15) is 0 Å². The smallest absolute Gasteiger partial charge is 0.325 e. The third-order valence-electron chi connectivity index (χ3n) is 4.80. The lowest BCUT2D eigenvalue weighted by molar-refractivity contribution is -0.140. The monoisotopic (exact) mass is 345 g/mol. The molecule has 2 aliphatic rings. The van der Waals surface area contributed by atoms with Gasteiger partial charge in [0.2, 0.25) is 5.91 Å². The fourth-order valence-electron chi connectivity index (χ4n) is 3.38. The number of carboxylic acids is 1. The lowest BCUT2D eigenvalue weighted by Crippen LogP contribution is -2.44. The van der Waals surface area contributed by atoms with E-state index in [1.807, 2.05) is 24.3 Å². The Balaban J connectivity index is 1.75. The number of aryl methyl sites for hydroxylation is 1. The molecule has 1 heterocycles. The molecule has 132 valence electrons. The van der Waals surface area contributed by atoms with Crippen molar-refractivity contribution >= 4 is 23.8 Å². The van der Waals surface area contributed by atoms with Crippen LogP contribution in [0.5, 0.6) is 0 Å². The minimum atomic E-state index is -1.09. The van der Waals surface area contributed by atoms with Crippen LogP contribution in [0.15, 0.2) is 24.3 Å². The molecule has 0 radical (unpaired) electrons. The number of hydrogen-bond acceptors (Lipinski definition) is 4. The predicted octanol–water partition coefficient (Wildman–Crippen LogP) is 0.313. The molecule has 8 heteroatoms. The van der Waals surface area contributed by atoms with Crippen molar-refractivity contribution < 1.29 is 24.3 Å². The SMILES string of the molecule is CN(CCC(=O)O)C(=O)CN1C(=O)NC2(CCc3ccccc32)C1=O. The van der Waals surface area contributed by atoms with Crippen LogP contribution in [0.4, 0.5) is 4.79 Å². The molecular weight excluding hydrogens is 326 g/mol. The molecule has 25 heavy (non-hydrogen) atoms. The molecule has 1 aliphatic carbocycles. The number of rotatable bonds is 5. The van der Waals surface area contributed by atoms with E-state index in [1.54, 1.807) is 0 Å². The van der Waals surface area contributed by atoms with Gasteiger partial charge in [-0.05, 0) is 24.0 Å². The van der Waals surface area contributed by atoms with E-state index >= 15 is 0 Å². The second-order valence-electron chi connectivity index (χ2n) is 6.34. The molecule has 1 aromatic rings. The summed E-state index contributed by atoms with van der Waals surface area (Å²) in [6.07, 6.45) is 0.957. The number of aliphatic carboxylic acids is 1. The number of carboxylic acid groups (broad SMARTS) is 1. The lowest BCUT2D eigenvalue weighted by Gasteiger charge is -2.23. The molecular formula is C17H19N3O5. The molecule has 0 saturated carbocycles. The second kappa shape index (κ2) is 6.19. The first-order valence-corrected chi connectivity index (χ1v) is 8.03. The maximum atomic E-state index is 12.9. The van der Waals surface area contributed by atoms with Crippen LogP contribution in [0.3, 0.4) is 0 Å². The van der Waals surface area contributed by atoms with Crippen LogP contribution in [0.25, 0.3) is 0 Å². The Morgan fingerprint density at radius 1 is 1.32 bits per heavy atom. The molecule has 1 fully saturated rings. The Morgan fingerprint density at radius 3 is 2.76 bits per heavy atom. The molecule has 1 atom stereocenters. The molecule has 8 nitrogen and oxygen atoms in total. The minimum Gasteiger partial charge on any atom is -0.481 e. The van der Waals surface area contributed by atoms with E-state index in [4.69, 9.17) is 5.11 Å². The van der Waals surface area contributed by atoms with Gasteiger partial charge in [0.15, 0.2) is 0 Å². The van der Waals surface area contributed by atoms with E-state index in [0.29, 0.717) is 12.8 Å². The van der Waals surface area contributed by atoms with Crippen LogP contribution < -0.4 is 5.32 Å². The summed E-state index contributed by atoms with van der Waals surface area (Å²) in [5.74, 6) is -1.92. The average molecular weight is 345 g/mol. The van der Waals surface area contributed by atoms with Gasteiger partial charge in [-0.1, -0.05) is 24.3 Å². The zero-order valence-corrected chi connectivity index (χ0v) is 13.8. The molecule has 1 spiro atoms. The molecule has 3 rings (SSSR count). The number of fused-ring (bicyclic) bond motifs is 2. The Kier molecular flexibility index (Phi) is 4.20. The number of hydrogen-bond donors (Lipinski definition) is 2. The largest absolute Gasteiger partial charge is 0.481 e. The summed E-state index contributed by atoms with van der Waals surface area (Å²) >= 11 is 0. The highest BCUT2D eigenvalue weighted by atomic mass is 16.4. The van der Waals surface area contributed by atoms with Crippen LogP contribution in [0, 0.1) is 0 Å². The number of carbonyl (C=O) groups excluding carboxylic acids is 3. The Morgan fingerprint density at radius 2 is 2.04 bits per heavy atom. The van der Waals surface area contributed by atoms with Crippen molar-refractivity contribution in [3.8, 4) is 0 Å². The lowest BCUT2D eigenvalue weighted by atomic mass is 9.92. The van der Waals surface area contributed by atoms with Crippen LogP contribution in [0.2, 0.25) is 0 Å². The van der Waals surface area contributed by atoms with E-state index in [-0.39, 0.29) is 13.0 Å². The highest BCUT2D eigenvalue weighted by Crippen LogP contribution is 2.41. The van der Waals surface area contributed by atoms with Crippen molar-refractivity contribution in [3.63, 3.8) is 0 Å².